The highest BCUT2D eigenvalue weighted by Crippen LogP contribution is 2.38. The number of nitrogens with zero attached hydrogens (tertiary/aromatic N) is 2. The van der Waals surface area contributed by atoms with Crippen LogP contribution in [0.1, 0.15) is 6.92 Å². The van der Waals surface area contributed by atoms with Crippen molar-refractivity contribution in [3.8, 4) is 27.6 Å². The molecule has 0 bridgehead atoms. The Kier molecular flexibility index (Phi) is 4.72. The second-order valence-corrected chi connectivity index (χ2v) is 7.69. The Morgan fingerprint density at radius 2 is 2.15 bits per heavy atom. The van der Waals surface area contributed by atoms with Crippen molar-refractivity contribution in [2.75, 3.05) is 18.1 Å². The van der Waals surface area contributed by atoms with Gasteiger partial charge in [-0.2, -0.15) is 0 Å². The lowest BCUT2D eigenvalue weighted by Gasteiger charge is -2.29. The van der Waals surface area contributed by atoms with Gasteiger partial charge in [-0.3, -0.25) is 4.79 Å². The number of hydrogen-bond acceptors (Lipinski definition) is 4. The third kappa shape index (κ3) is 3.48. The Hall–Kier alpha value is -2.63. The number of ether oxygens (including phenoxy) is 1. The van der Waals surface area contributed by atoms with Gasteiger partial charge in [-0.25, -0.2) is 4.98 Å². The number of benzene rings is 2. The number of fused-ring (bicyclic) bond motifs is 1. The highest BCUT2D eigenvalue weighted by molar-refractivity contribution is 7.13. The van der Waals surface area contributed by atoms with Crippen molar-refractivity contribution in [3.63, 3.8) is 0 Å². The predicted molar refractivity (Wildman–Crippen MR) is 111 cm³/mol. The van der Waals surface area contributed by atoms with Crippen LogP contribution in [0.3, 0.4) is 0 Å². The van der Waals surface area contributed by atoms with E-state index in [1.807, 2.05) is 54.8 Å². The maximum Gasteiger partial charge on any atom is 0.265 e. The molecule has 0 spiro atoms. The normalized spacial score (nSPS) is 13.3. The lowest BCUT2D eigenvalue weighted by atomic mass is 10.1. The molecule has 0 radical (unpaired) electrons. The standard InChI is InChI=1S/C21H17ClN2O2S/c1-13(2)10-24-18-9-14(7-8-19(18)26-11-20(24)25)17-12-27-21(23-17)15-5-3-4-6-16(15)22/h3-9,12H,1,10-11H2,2H3. The molecule has 1 amide bonds. The first kappa shape index (κ1) is 17.8. The van der Waals surface area contributed by atoms with Crippen molar-refractivity contribution in [1.82, 2.24) is 4.98 Å². The van der Waals surface area contributed by atoms with Gasteiger partial charge in [-0.05, 0) is 31.2 Å². The molecule has 2 heterocycles. The highest BCUT2D eigenvalue weighted by atomic mass is 35.5. The van der Waals surface area contributed by atoms with E-state index in [1.165, 1.54) is 11.3 Å². The predicted octanol–water partition coefficient (Wildman–Crippen LogP) is 5.43. The number of aromatic nitrogens is 1. The Morgan fingerprint density at radius 1 is 1.33 bits per heavy atom. The maximum absolute atomic E-state index is 12.3. The minimum absolute atomic E-state index is 0.0486. The summed E-state index contributed by atoms with van der Waals surface area (Å²) in [6, 6.07) is 13.4. The first-order valence-electron chi connectivity index (χ1n) is 8.45. The van der Waals surface area contributed by atoms with Gasteiger partial charge in [0, 0.05) is 23.1 Å². The monoisotopic (exact) mass is 396 g/mol. The van der Waals surface area contributed by atoms with Crippen LogP contribution in [-0.2, 0) is 4.79 Å². The summed E-state index contributed by atoms with van der Waals surface area (Å²) in [6.45, 7) is 6.35. The summed E-state index contributed by atoms with van der Waals surface area (Å²) >= 11 is 7.83. The van der Waals surface area contributed by atoms with E-state index in [0.717, 1.165) is 33.1 Å². The van der Waals surface area contributed by atoms with Crippen LogP contribution in [0.5, 0.6) is 5.75 Å². The van der Waals surface area contributed by atoms with Crippen molar-refractivity contribution in [2.45, 2.75) is 6.92 Å². The molecule has 1 aliphatic rings. The molecule has 0 fully saturated rings. The molecule has 1 aromatic heterocycles. The molecular weight excluding hydrogens is 380 g/mol. The van der Waals surface area contributed by atoms with Gasteiger partial charge in [0.05, 0.1) is 16.4 Å². The molecule has 0 N–H and O–H groups in total. The van der Waals surface area contributed by atoms with E-state index in [4.69, 9.17) is 21.3 Å². The lowest BCUT2D eigenvalue weighted by Crippen LogP contribution is -2.39. The Balaban J connectivity index is 1.72. The molecule has 0 unspecified atom stereocenters. The molecule has 2 aromatic carbocycles. The molecule has 4 nitrogen and oxygen atoms in total. The van der Waals surface area contributed by atoms with Crippen molar-refractivity contribution in [2.24, 2.45) is 0 Å². The van der Waals surface area contributed by atoms with Crippen molar-refractivity contribution in [3.05, 3.63) is 65.0 Å². The van der Waals surface area contributed by atoms with Gasteiger partial charge < -0.3 is 9.64 Å². The minimum atomic E-state index is -0.0716. The molecule has 0 saturated carbocycles. The van der Waals surface area contributed by atoms with Gasteiger partial charge in [-0.1, -0.05) is 42.0 Å². The Morgan fingerprint density at radius 3 is 2.93 bits per heavy atom. The summed E-state index contributed by atoms with van der Waals surface area (Å²) in [5, 5.41) is 3.53. The fraction of sp³-hybridized carbons (Fsp3) is 0.143. The van der Waals surface area contributed by atoms with E-state index in [1.54, 1.807) is 4.90 Å². The summed E-state index contributed by atoms with van der Waals surface area (Å²) in [6.07, 6.45) is 0. The minimum Gasteiger partial charge on any atom is -0.482 e. The molecule has 6 heteroatoms. The van der Waals surface area contributed by atoms with Crippen molar-refractivity contribution in [1.29, 1.82) is 0 Å². The van der Waals surface area contributed by atoms with E-state index in [9.17, 15) is 4.79 Å². The van der Waals surface area contributed by atoms with Crippen molar-refractivity contribution < 1.29 is 9.53 Å². The number of hydrogen-bond donors (Lipinski definition) is 0. The molecular formula is C21H17ClN2O2S. The average Bonchev–Trinajstić information content (AvgIpc) is 3.14. The van der Waals surface area contributed by atoms with Crippen LogP contribution in [-0.4, -0.2) is 24.0 Å². The first-order valence-corrected chi connectivity index (χ1v) is 9.71. The Bertz CT molecular complexity index is 1040. The zero-order chi connectivity index (χ0) is 19.0. The lowest BCUT2D eigenvalue weighted by molar-refractivity contribution is -0.121. The smallest absolute Gasteiger partial charge is 0.265 e. The molecule has 4 rings (SSSR count). The van der Waals surface area contributed by atoms with Gasteiger partial charge in [0.25, 0.3) is 5.91 Å². The quantitative estimate of drug-likeness (QED) is 0.552. The summed E-state index contributed by atoms with van der Waals surface area (Å²) in [5.74, 6) is 0.624. The van der Waals surface area contributed by atoms with Crippen LogP contribution in [0.25, 0.3) is 21.8 Å². The zero-order valence-electron chi connectivity index (χ0n) is 14.7. The van der Waals surface area contributed by atoms with E-state index < -0.39 is 0 Å². The van der Waals surface area contributed by atoms with E-state index >= 15 is 0 Å². The highest BCUT2D eigenvalue weighted by Gasteiger charge is 2.26. The van der Waals surface area contributed by atoms with Gasteiger partial charge in [-0.15, -0.1) is 11.3 Å². The average molecular weight is 397 g/mol. The van der Waals surface area contributed by atoms with Crippen LogP contribution in [0.4, 0.5) is 5.69 Å². The number of thiazole rings is 1. The zero-order valence-corrected chi connectivity index (χ0v) is 16.3. The van der Waals surface area contributed by atoms with Gasteiger partial charge >= 0.3 is 0 Å². The van der Waals surface area contributed by atoms with E-state index in [0.29, 0.717) is 17.3 Å². The third-order valence-electron chi connectivity index (χ3n) is 4.23. The van der Waals surface area contributed by atoms with E-state index in [2.05, 4.69) is 6.58 Å². The van der Waals surface area contributed by atoms with Crippen LogP contribution >= 0.6 is 22.9 Å². The van der Waals surface area contributed by atoms with Crippen molar-refractivity contribution >= 4 is 34.5 Å². The summed E-state index contributed by atoms with van der Waals surface area (Å²) in [7, 11) is 0. The fourth-order valence-corrected chi connectivity index (χ4v) is 4.12. The van der Waals surface area contributed by atoms with Gasteiger partial charge in [0.1, 0.15) is 10.8 Å². The largest absolute Gasteiger partial charge is 0.482 e. The fourth-order valence-electron chi connectivity index (χ4n) is 2.97. The van der Waals surface area contributed by atoms with Crippen LogP contribution in [0.2, 0.25) is 5.02 Å². The molecule has 27 heavy (non-hydrogen) atoms. The van der Waals surface area contributed by atoms with Crippen LogP contribution in [0, 0.1) is 0 Å². The third-order valence-corrected chi connectivity index (χ3v) is 5.44. The van der Waals surface area contributed by atoms with Crippen LogP contribution < -0.4 is 9.64 Å². The number of anilines is 1. The molecule has 0 atom stereocenters. The second-order valence-electron chi connectivity index (χ2n) is 6.43. The summed E-state index contributed by atoms with van der Waals surface area (Å²) in [5.41, 5.74) is 4.34. The van der Waals surface area contributed by atoms with Gasteiger partial charge in [0.15, 0.2) is 6.61 Å². The number of rotatable bonds is 4. The van der Waals surface area contributed by atoms with E-state index in [-0.39, 0.29) is 12.5 Å². The molecule has 3 aromatic rings. The Labute approximate surface area is 166 Å². The molecule has 136 valence electrons. The number of carbonyl (C=O) groups excluding carboxylic acids is 1. The van der Waals surface area contributed by atoms with Crippen LogP contribution in [0.15, 0.2) is 60.0 Å². The SMILES string of the molecule is C=C(C)CN1C(=O)COc2ccc(-c3csc(-c4ccccc4Cl)n3)cc21. The number of halogens is 1. The molecule has 0 aliphatic carbocycles. The maximum atomic E-state index is 12.3. The summed E-state index contributed by atoms with van der Waals surface area (Å²) < 4.78 is 5.57. The second kappa shape index (κ2) is 7.18. The van der Waals surface area contributed by atoms with Gasteiger partial charge in [0.2, 0.25) is 0 Å². The topological polar surface area (TPSA) is 42.4 Å². The number of carbonyl (C=O) groups is 1. The first-order chi connectivity index (χ1) is 13.0. The molecule has 0 saturated heterocycles. The molecule has 1 aliphatic heterocycles. The summed E-state index contributed by atoms with van der Waals surface area (Å²) in [4.78, 5) is 18.8. The number of amides is 1.